The summed E-state index contributed by atoms with van der Waals surface area (Å²) in [4.78, 5) is 86.0. The molecule has 8 atom stereocenters. The van der Waals surface area contributed by atoms with Crippen molar-refractivity contribution in [2.24, 2.45) is 23.5 Å². The van der Waals surface area contributed by atoms with E-state index in [4.69, 9.17) is 10.5 Å². The summed E-state index contributed by atoms with van der Waals surface area (Å²) >= 11 is 1.15. The van der Waals surface area contributed by atoms with Gasteiger partial charge in [-0.05, 0) is 82.7 Å². The zero-order chi connectivity index (χ0) is 42.8. The van der Waals surface area contributed by atoms with Crippen molar-refractivity contribution in [3.63, 3.8) is 0 Å². The molecule has 3 rings (SSSR count). The van der Waals surface area contributed by atoms with Crippen molar-refractivity contribution < 1.29 is 38.6 Å². The number of thiazole rings is 1. The fourth-order valence-corrected chi connectivity index (χ4v) is 7.87. The predicted molar refractivity (Wildman–Crippen MR) is 219 cm³/mol. The van der Waals surface area contributed by atoms with E-state index in [1.54, 1.807) is 55.4 Å². The molecule has 2 aromatic rings. The molecule has 57 heavy (non-hydrogen) atoms. The molecule has 1 aliphatic rings. The third-order valence-corrected chi connectivity index (χ3v) is 12.1. The second-order valence-corrected chi connectivity index (χ2v) is 17.0. The van der Waals surface area contributed by atoms with Gasteiger partial charge in [0.15, 0.2) is 6.10 Å². The first kappa shape index (κ1) is 47.0. The average molecular weight is 814 g/mol. The largest absolute Gasteiger partial charge is 0.481 e. The molecule has 0 aliphatic carbocycles. The van der Waals surface area contributed by atoms with Gasteiger partial charge in [-0.2, -0.15) is 0 Å². The first-order valence-corrected chi connectivity index (χ1v) is 20.7. The Morgan fingerprint density at radius 2 is 1.70 bits per heavy atom. The van der Waals surface area contributed by atoms with Gasteiger partial charge in [0.2, 0.25) is 17.7 Å². The molecule has 1 saturated heterocycles. The van der Waals surface area contributed by atoms with Crippen LogP contribution in [0.1, 0.15) is 115 Å². The molecule has 0 radical (unpaired) electrons. The van der Waals surface area contributed by atoms with Crippen LogP contribution < -0.4 is 21.7 Å². The Labute approximate surface area is 340 Å². The van der Waals surface area contributed by atoms with Gasteiger partial charge in [-0.15, -0.1) is 11.3 Å². The van der Waals surface area contributed by atoms with Crippen LogP contribution in [0.4, 0.5) is 5.69 Å². The van der Waals surface area contributed by atoms with Gasteiger partial charge in [0, 0.05) is 43.5 Å². The van der Waals surface area contributed by atoms with Gasteiger partial charge in [0.1, 0.15) is 16.7 Å². The Morgan fingerprint density at radius 1 is 1.05 bits per heavy atom. The number of nitrogens with two attached hydrogens (primary N) is 1. The zero-order valence-corrected chi connectivity index (χ0v) is 35.9. The van der Waals surface area contributed by atoms with Crippen LogP contribution in [-0.4, -0.2) is 106 Å². The maximum absolute atomic E-state index is 14.3. The molecule has 1 aliphatic heterocycles. The van der Waals surface area contributed by atoms with Crippen LogP contribution in [-0.2, 0) is 35.1 Å². The van der Waals surface area contributed by atoms with Crippen LogP contribution in [0, 0.1) is 17.8 Å². The number of ether oxygens (including phenoxy) is 1. The van der Waals surface area contributed by atoms with Crippen molar-refractivity contribution in [1.82, 2.24) is 25.4 Å². The van der Waals surface area contributed by atoms with Gasteiger partial charge >= 0.3 is 11.9 Å². The molecule has 15 nitrogen and oxygen atoms in total. The van der Waals surface area contributed by atoms with E-state index < -0.39 is 59.6 Å². The number of benzene rings is 1. The van der Waals surface area contributed by atoms with E-state index >= 15 is 0 Å². The number of likely N-dealkylation sites (tertiary alicyclic amines) is 1. The highest BCUT2D eigenvalue weighted by molar-refractivity contribution is 7.09. The van der Waals surface area contributed by atoms with E-state index in [9.17, 15) is 33.9 Å². The lowest BCUT2D eigenvalue weighted by Crippen LogP contribution is -2.60. The zero-order valence-electron chi connectivity index (χ0n) is 35.1. The summed E-state index contributed by atoms with van der Waals surface area (Å²) in [5, 5.41) is 20.3. The highest BCUT2D eigenvalue weighted by Gasteiger charge is 2.44. The van der Waals surface area contributed by atoms with E-state index in [0.29, 0.717) is 30.0 Å². The average Bonchev–Trinajstić information content (AvgIpc) is 3.78. The molecule has 0 spiro atoms. The predicted octanol–water partition coefficient (Wildman–Crippen LogP) is 4.37. The number of aromatic nitrogens is 1. The van der Waals surface area contributed by atoms with Crippen LogP contribution in [0.15, 0.2) is 29.6 Å². The number of aliphatic carboxylic acids is 1. The van der Waals surface area contributed by atoms with E-state index in [0.717, 1.165) is 29.9 Å². The first-order chi connectivity index (χ1) is 26.7. The molecule has 6 N–H and O–H groups in total. The van der Waals surface area contributed by atoms with Gasteiger partial charge in [-0.25, -0.2) is 4.98 Å². The Balaban J connectivity index is 1.82. The second kappa shape index (κ2) is 20.8. The minimum absolute atomic E-state index is 0.0737. The van der Waals surface area contributed by atoms with Crippen LogP contribution in [0.5, 0.6) is 0 Å². The van der Waals surface area contributed by atoms with Gasteiger partial charge in [0.05, 0.1) is 17.5 Å². The van der Waals surface area contributed by atoms with Crippen molar-refractivity contribution in [1.29, 1.82) is 0 Å². The number of likely N-dealkylation sites (N-methyl/N-ethyl adjacent to an activating group) is 2. The number of carbonyl (C=O) groups is 6. The van der Waals surface area contributed by atoms with E-state index in [1.807, 2.05) is 46.6 Å². The van der Waals surface area contributed by atoms with Crippen LogP contribution in [0.25, 0.3) is 0 Å². The fraction of sp³-hybridized carbons (Fsp3) is 0.634. The molecular formula is C41H63N7O8S. The van der Waals surface area contributed by atoms with Gasteiger partial charge in [-0.3, -0.25) is 33.7 Å². The van der Waals surface area contributed by atoms with Crippen molar-refractivity contribution >= 4 is 52.6 Å². The molecule has 2 heterocycles. The standard InChI is InChI=1S/C41H63N7O8S/c1-11-24(4)34(46-40(55)41(8)17-12-18-47(41)9)38(52)48(10)32(23(2)3)21-33(56-27(7)49)37-45-31(22-57-37)36(51)44-30(19-25(5)39(53)54)20-28-13-15-29(16-14-28)43-35(50)26(6)42/h13-16,22-26,30,32-34H,11-12,17-21,42H2,1-10H3,(H,43,50)(H,44,51)(H,46,55)(H,53,54)/t24?,25-,26-,30+,32+,33+,34-,41+/m0/s1. The minimum atomic E-state index is -1.000. The number of esters is 1. The summed E-state index contributed by atoms with van der Waals surface area (Å²) < 4.78 is 5.78. The molecule has 1 fully saturated rings. The highest BCUT2D eigenvalue weighted by Crippen LogP contribution is 2.32. The Bertz CT molecular complexity index is 1720. The number of amides is 4. The van der Waals surface area contributed by atoms with Crippen molar-refractivity contribution in [3.05, 3.63) is 45.9 Å². The number of carboxylic acid groups (broad SMARTS) is 1. The lowest BCUT2D eigenvalue weighted by Gasteiger charge is -2.38. The van der Waals surface area contributed by atoms with Crippen molar-refractivity contribution in [2.75, 3.05) is 26.0 Å². The lowest BCUT2D eigenvalue weighted by molar-refractivity contribution is -0.149. The topological polar surface area (TPSA) is 213 Å². The Hall–Kier alpha value is -4.41. The molecule has 1 aromatic heterocycles. The van der Waals surface area contributed by atoms with E-state index in [-0.39, 0.29) is 48.1 Å². The number of anilines is 1. The van der Waals surface area contributed by atoms with Crippen LogP contribution in [0.3, 0.4) is 0 Å². The normalized spacial score (nSPS) is 19.4. The highest BCUT2D eigenvalue weighted by atomic mass is 32.1. The van der Waals surface area contributed by atoms with Gasteiger partial charge in [0.25, 0.3) is 5.91 Å². The molecular weight excluding hydrogens is 751 g/mol. The van der Waals surface area contributed by atoms with Crippen LogP contribution in [0.2, 0.25) is 0 Å². The molecule has 1 unspecified atom stereocenters. The third-order valence-electron chi connectivity index (χ3n) is 11.2. The third kappa shape index (κ3) is 12.8. The molecule has 0 bridgehead atoms. The minimum Gasteiger partial charge on any atom is -0.481 e. The van der Waals surface area contributed by atoms with Gasteiger partial charge in [-0.1, -0.05) is 53.2 Å². The van der Waals surface area contributed by atoms with Crippen LogP contribution >= 0.6 is 11.3 Å². The quantitative estimate of drug-likeness (QED) is 0.118. The molecule has 16 heteroatoms. The number of rotatable bonds is 20. The second-order valence-electron chi connectivity index (χ2n) is 16.1. The number of carboxylic acids is 1. The summed E-state index contributed by atoms with van der Waals surface area (Å²) in [5.74, 6) is -3.82. The fourth-order valence-electron chi connectivity index (χ4n) is 7.03. The summed E-state index contributed by atoms with van der Waals surface area (Å²) in [6.07, 6.45) is 2.02. The molecule has 0 saturated carbocycles. The molecule has 4 amide bonds. The van der Waals surface area contributed by atoms with Crippen molar-refractivity contribution in [2.45, 2.75) is 130 Å². The Morgan fingerprint density at radius 3 is 2.23 bits per heavy atom. The SMILES string of the molecule is CCC(C)[C@H](NC(=O)[C@@]1(C)CCCN1C)C(=O)N(C)[C@H](C[C@@H](OC(C)=O)c1nc(C(=O)N[C@@H](Cc2ccc(NC(=O)[C@H](C)N)cc2)C[C@H](C)C(=O)O)cs1)C(C)C. The lowest BCUT2D eigenvalue weighted by atomic mass is 9.91. The number of carbonyl (C=O) groups excluding carboxylic acids is 5. The molecule has 1 aromatic carbocycles. The van der Waals surface area contributed by atoms with E-state index in [1.165, 1.54) is 6.92 Å². The maximum atomic E-state index is 14.3. The van der Waals surface area contributed by atoms with Gasteiger partial charge < -0.3 is 36.4 Å². The summed E-state index contributed by atoms with van der Waals surface area (Å²) in [5.41, 5.74) is 6.37. The first-order valence-electron chi connectivity index (χ1n) is 19.8. The summed E-state index contributed by atoms with van der Waals surface area (Å²) in [6, 6.07) is 4.53. The maximum Gasteiger partial charge on any atom is 0.306 e. The number of hydrogen-bond donors (Lipinski definition) is 5. The number of nitrogens with zero attached hydrogens (tertiary/aromatic N) is 3. The summed E-state index contributed by atoms with van der Waals surface area (Å²) in [7, 11) is 3.62. The Kier molecular flexibility index (Phi) is 17.2. The monoisotopic (exact) mass is 813 g/mol. The number of nitrogens with one attached hydrogen (secondary N) is 3. The molecule has 316 valence electrons. The smallest absolute Gasteiger partial charge is 0.306 e. The van der Waals surface area contributed by atoms with E-state index in [2.05, 4.69) is 20.9 Å². The summed E-state index contributed by atoms with van der Waals surface area (Å²) in [6.45, 7) is 15.0. The van der Waals surface area contributed by atoms with Crippen molar-refractivity contribution in [3.8, 4) is 0 Å². The number of hydrogen-bond acceptors (Lipinski definition) is 11.